The van der Waals surface area contributed by atoms with E-state index >= 15 is 0 Å². The summed E-state index contributed by atoms with van der Waals surface area (Å²) in [5.41, 5.74) is 3.28. The number of hydrogen-bond donors (Lipinski definition) is 2. The average molecular weight is 339 g/mol. The number of phenolic OH excluding ortho intramolecular Hbond substituents is 1. The second-order valence-corrected chi connectivity index (χ2v) is 5.10. The Balaban J connectivity index is 2.07. The standard InChI is InChI=1S/C15H12Cl2N2O3/c1-22-14-6-9(2-5-13(14)20)8-18-19-15(21)11-4-3-10(16)7-12(11)17/h2-8,20H,1H3,(H,19,21)/b18-8-. The summed E-state index contributed by atoms with van der Waals surface area (Å²) in [5, 5.41) is 14.0. The van der Waals surface area contributed by atoms with Gasteiger partial charge in [-0.1, -0.05) is 23.2 Å². The van der Waals surface area contributed by atoms with Gasteiger partial charge in [0.1, 0.15) is 0 Å². The molecule has 0 radical (unpaired) electrons. The third-order valence-electron chi connectivity index (χ3n) is 2.76. The first-order valence-corrected chi connectivity index (χ1v) is 6.92. The molecule has 7 heteroatoms. The highest BCUT2D eigenvalue weighted by Gasteiger charge is 2.09. The van der Waals surface area contributed by atoms with Gasteiger partial charge in [-0.2, -0.15) is 5.10 Å². The maximum Gasteiger partial charge on any atom is 0.272 e. The lowest BCUT2D eigenvalue weighted by Gasteiger charge is -2.04. The Morgan fingerprint density at radius 3 is 2.73 bits per heavy atom. The molecule has 0 bridgehead atoms. The van der Waals surface area contributed by atoms with Crippen molar-refractivity contribution in [3.63, 3.8) is 0 Å². The van der Waals surface area contributed by atoms with Gasteiger partial charge in [-0.15, -0.1) is 0 Å². The van der Waals surface area contributed by atoms with E-state index in [-0.39, 0.29) is 16.3 Å². The zero-order chi connectivity index (χ0) is 16.1. The number of benzene rings is 2. The number of hydrogen-bond acceptors (Lipinski definition) is 4. The summed E-state index contributed by atoms with van der Waals surface area (Å²) in [5.74, 6) is -0.115. The molecular weight excluding hydrogens is 327 g/mol. The van der Waals surface area contributed by atoms with Crippen molar-refractivity contribution in [2.24, 2.45) is 5.10 Å². The van der Waals surface area contributed by atoms with Gasteiger partial charge in [0.2, 0.25) is 0 Å². The fourth-order valence-corrected chi connectivity index (χ4v) is 2.17. The van der Waals surface area contributed by atoms with Crippen LogP contribution in [0.4, 0.5) is 0 Å². The van der Waals surface area contributed by atoms with E-state index in [1.807, 2.05) is 0 Å². The molecule has 0 heterocycles. The van der Waals surface area contributed by atoms with Crippen molar-refractivity contribution < 1.29 is 14.6 Å². The molecule has 0 aliphatic heterocycles. The Morgan fingerprint density at radius 2 is 2.05 bits per heavy atom. The van der Waals surface area contributed by atoms with Crippen molar-refractivity contribution >= 4 is 35.3 Å². The van der Waals surface area contributed by atoms with Gasteiger partial charge in [0.15, 0.2) is 11.5 Å². The number of aromatic hydroxyl groups is 1. The number of phenols is 1. The van der Waals surface area contributed by atoms with Crippen LogP contribution in [0.25, 0.3) is 0 Å². The number of carbonyl (C=O) groups is 1. The molecule has 0 fully saturated rings. The van der Waals surface area contributed by atoms with E-state index in [2.05, 4.69) is 10.5 Å². The number of ether oxygens (including phenoxy) is 1. The maximum atomic E-state index is 11.9. The Bertz CT molecular complexity index is 733. The van der Waals surface area contributed by atoms with Crippen molar-refractivity contribution in [3.8, 4) is 11.5 Å². The van der Waals surface area contributed by atoms with Gasteiger partial charge in [-0.05, 0) is 42.0 Å². The fourth-order valence-electron chi connectivity index (χ4n) is 1.67. The Labute approximate surface area is 137 Å². The highest BCUT2D eigenvalue weighted by Crippen LogP contribution is 2.25. The maximum absolute atomic E-state index is 11.9. The van der Waals surface area contributed by atoms with Crippen molar-refractivity contribution in [1.29, 1.82) is 0 Å². The first-order chi connectivity index (χ1) is 10.5. The molecule has 22 heavy (non-hydrogen) atoms. The molecule has 1 amide bonds. The largest absolute Gasteiger partial charge is 0.504 e. The monoisotopic (exact) mass is 338 g/mol. The molecule has 114 valence electrons. The van der Waals surface area contributed by atoms with Crippen LogP contribution in [-0.2, 0) is 0 Å². The van der Waals surface area contributed by atoms with Crippen LogP contribution in [0.2, 0.25) is 10.0 Å². The molecule has 0 unspecified atom stereocenters. The molecule has 0 saturated carbocycles. The highest BCUT2D eigenvalue weighted by molar-refractivity contribution is 6.36. The number of hydrazone groups is 1. The summed E-state index contributed by atoms with van der Waals surface area (Å²) in [6.45, 7) is 0. The minimum Gasteiger partial charge on any atom is -0.504 e. The molecule has 5 nitrogen and oxygen atoms in total. The number of carbonyl (C=O) groups excluding carboxylic acids is 1. The first-order valence-electron chi connectivity index (χ1n) is 6.16. The summed E-state index contributed by atoms with van der Waals surface area (Å²) >= 11 is 11.7. The predicted molar refractivity (Wildman–Crippen MR) is 86.2 cm³/mol. The van der Waals surface area contributed by atoms with Gasteiger partial charge >= 0.3 is 0 Å². The van der Waals surface area contributed by atoms with Crippen LogP contribution in [0, 0.1) is 0 Å². The first kappa shape index (κ1) is 16.1. The van der Waals surface area contributed by atoms with Crippen LogP contribution in [0.5, 0.6) is 11.5 Å². The summed E-state index contributed by atoms with van der Waals surface area (Å²) < 4.78 is 4.98. The molecule has 2 rings (SSSR count). The smallest absolute Gasteiger partial charge is 0.272 e. The summed E-state index contributed by atoms with van der Waals surface area (Å²) in [4.78, 5) is 11.9. The molecule has 0 spiro atoms. The third-order valence-corrected chi connectivity index (χ3v) is 3.31. The van der Waals surface area contributed by atoms with E-state index < -0.39 is 5.91 Å². The normalized spacial score (nSPS) is 10.7. The highest BCUT2D eigenvalue weighted by atomic mass is 35.5. The Morgan fingerprint density at radius 1 is 1.27 bits per heavy atom. The SMILES string of the molecule is COc1cc(/C=N\NC(=O)c2ccc(Cl)cc2Cl)ccc1O. The number of amides is 1. The lowest BCUT2D eigenvalue weighted by atomic mass is 10.2. The van der Waals surface area contributed by atoms with E-state index in [9.17, 15) is 9.90 Å². The number of rotatable bonds is 4. The van der Waals surface area contributed by atoms with Gasteiger partial charge in [0.25, 0.3) is 5.91 Å². The Hall–Kier alpha value is -2.24. The van der Waals surface area contributed by atoms with E-state index in [4.69, 9.17) is 27.9 Å². The predicted octanol–water partition coefficient (Wildman–Crippen LogP) is 3.47. The van der Waals surface area contributed by atoms with Gasteiger partial charge in [0, 0.05) is 5.02 Å². The topological polar surface area (TPSA) is 70.9 Å². The molecule has 0 aliphatic rings. The van der Waals surface area contributed by atoms with Crippen molar-refractivity contribution in [2.75, 3.05) is 7.11 Å². The van der Waals surface area contributed by atoms with Crippen LogP contribution >= 0.6 is 23.2 Å². The zero-order valence-electron chi connectivity index (χ0n) is 11.5. The van der Waals surface area contributed by atoms with Crippen LogP contribution in [-0.4, -0.2) is 24.3 Å². The quantitative estimate of drug-likeness (QED) is 0.662. The fraction of sp³-hybridized carbons (Fsp3) is 0.0667. The number of methoxy groups -OCH3 is 1. The number of nitrogens with zero attached hydrogens (tertiary/aromatic N) is 1. The zero-order valence-corrected chi connectivity index (χ0v) is 13.0. The molecule has 2 aromatic rings. The van der Waals surface area contributed by atoms with Crippen LogP contribution in [0.15, 0.2) is 41.5 Å². The summed E-state index contributed by atoms with van der Waals surface area (Å²) in [6.07, 6.45) is 1.42. The van der Waals surface area contributed by atoms with Crippen molar-refractivity contribution in [2.45, 2.75) is 0 Å². The van der Waals surface area contributed by atoms with Crippen molar-refractivity contribution in [1.82, 2.24) is 5.43 Å². The average Bonchev–Trinajstić information content (AvgIpc) is 2.48. The second-order valence-electron chi connectivity index (χ2n) is 4.25. The molecule has 0 atom stereocenters. The minimum absolute atomic E-state index is 0.0247. The molecular formula is C15H12Cl2N2O3. The lowest BCUT2D eigenvalue weighted by molar-refractivity contribution is 0.0955. The van der Waals surface area contributed by atoms with Gasteiger partial charge in [-0.3, -0.25) is 4.79 Å². The Kier molecular flexibility index (Phi) is 5.25. The van der Waals surface area contributed by atoms with Crippen LogP contribution in [0.1, 0.15) is 15.9 Å². The van der Waals surface area contributed by atoms with Gasteiger partial charge in [-0.25, -0.2) is 5.43 Å². The molecule has 0 saturated heterocycles. The van der Waals surface area contributed by atoms with E-state index in [0.717, 1.165) is 0 Å². The molecule has 2 N–H and O–H groups in total. The minimum atomic E-state index is -0.455. The van der Waals surface area contributed by atoms with E-state index in [0.29, 0.717) is 16.3 Å². The third kappa shape index (κ3) is 3.90. The number of halogens is 2. The van der Waals surface area contributed by atoms with Gasteiger partial charge in [0.05, 0.1) is 23.9 Å². The van der Waals surface area contributed by atoms with E-state index in [1.165, 1.54) is 31.5 Å². The van der Waals surface area contributed by atoms with E-state index in [1.54, 1.807) is 18.2 Å². The summed E-state index contributed by atoms with van der Waals surface area (Å²) in [7, 11) is 1.44. The number of nitrogens with one attached hydrogen (secondary N) is 1. The van der Waals surface area contributed by atoms with Crippen LogP contribution < -0.4 is 10.2 Å². The lowest BCUT2D eigenvalue weighted by Crippen LogP contribution is -2.18. The summed E-state index contributed by atoms with van der Waals surface area (Å²) in [6, 6.07) is 9.24. The van der Waals surface area contributed by atoms with Crippen LogP contribution in [0.3, 0.4) is 0 Å². The van der Waals surface area contributed by atoms with Crippen molar-refractivity contribution in [3.05, 3.63) is 57.6 Å². The second kappa shape index (κ2) is 7.15. The molecule has 2 aromatic carbocycles. The molecule has 0 aromatic heterocycles. The van der Waals surface area contributed by atoms with Gasteiger partial charge < -0.3 is 9.84 Å². The molecule has 0 aliphatic carbocycles.